The summed E-state index contributed by atoms with van der Waals surface area (Å²) in [6, 6.07) is 5.19. The summed E-state index contributed by atoms with van der Waals surface area (Å²) in [4.78, 5) is 16.3. The lowest BCUT2D eigenvalue weighted by Gasteiger charge is -2.10. The number of nitrogens with zero attached hydrogens (tertiary/aromatic N) is 1. The van der Waals surface area contributed by atoms with Gasteiger partial charge in [0, 0.05) is 23.5 Å². The van der Waals surface area contributed by atoms with Crippen LogP contribution in [0.4, 0.5) is 13.2 Å². The fourth-order valence-corrected chi connectivity index (χ4v) is 3.39. The molecule has 1 amide bonds. The summed E-state index contributed by atoms with van der Waals surface area (Å²) in [7, 11) is 0. The van der Waals surface area contributed by atoms with Gasteiger partial charge in [-0.05, 0) is 25.1 Å². The SMILES string of the molecule is O=C(Cc1csc(-c2cccc(C(F)(F)F)c2)n1)NC1CCNC1. The molecule has 24 heavy (non-hydrogen) atoms. The molecule has 4 nitrogen and oxygen atoms in total. The fourth-order valence-electron chi connectivity index (χ4n) is 2.57. The zero-order valence-electron chi connectivity index (χ0n) is 12.7. The molecule has 1 fully saturated rings. The van der Waals surface area contributed by atoms with Gasteiger partial charge in [-0.25, -0.2) is 4.98 Å². The van der Waals surface area contributed by atoms with Crippen LogP contribution in [-0.2, 0) is 17.4 Å². The maximum absolute atomic E-state index is 12.8. The van der Waals surface area contributed by atoms with Crippen molar-refractivity contribution >= 4 is 17.2 Å². The van der Waals surface area contributed by atoms with Gasteiger partial charge in [0.2, 0.25) is 5.91 Å². The van der Waals surface area contributed by atoms with Crippen LogP contribution < -0.4 is 10.6 Å². The summed E-state index contributed by atoms with van der Waals surface area (Å²) >= 11 is 1.24. The molecule has 0 bridgehead atoms. The number of carbonyl (C=O) groups is 1. The zero-order chi connectivity index (χ0) is 17.2. The number of carbonyl (C=O) groups excluding carboxylic acids is 1. The summed E-state index contributed by atoms with van der Waals surface area (Å²) in [5.41, 5.74) is 0.264. The molecule has 0 spiro atoms. The first-order valence-electron chi connectivity index (χ1n) is 7.54. The topological polar surface area (TPSA) is 54.0 Å². The number of rotatable bonds is 4. The van der Waals surface area contributed by atoms with Gasteiger partial charge in [0.25, 0.3) is 0 Å². The van der Waals surface area contributed by atoms with Gasteiger partial charge in [-0.15, -0.1) is 11.3 Å². The van der Waals surface area contributed by atoms with Crippen LogP contribution in [0, 0.1) is 0 Å². The van der Waals surface area contributed by atoms with Gasteiger partial charge in [0.15, 0.2) is 0 Å². The Labute approximate surface area is 141 Å². The highest BCUT2D eigenvalue weighted by atomic mass is 32.1. The van der Waals surface area contributed by atoms with Gasteiger partial charge in [0.05, 0.1) is 17.7 Å². The van der Waals surface area contributed by atoms with E-state index in [-0.39, 0.29) is 18.4 Å². The van der Waals surface area contributed by atoms with Crippen LogP contribution in [0.1, 0.15) is 17.7 Å². The second-order valence-electron chi connectivity index (χ2n) is 5.66. The van der Waals surface area contributed by atoms with Gasteiger partial charge in [0.1, 0.15) is 5.01 Å². The van der Waals surface area contributed by atoms with Gasteiger partial charge >= 0.3 is 6.18 Å². The number of hydrogen-bond acceptors (Lipinski definition) is 4. The zero-order valence-corrected chi connectivity index (χ0v) is 13.5. The Morgan fingerprint density at radius 1 is 1.42 bits per heavy atom. The van der Waals surface area contributed by atoms with Crippen molar-refractivity contribution in [3.63, 3.8) is 0 Å². The second kappa shape index (κ2) is 6.90. The average Bonchev–Trinajstić information content (AvgIpc) is 3.18. The van der Waals surface area contributed by atoms with E-state index in [1.54, 1.807) is 11.4 Å². The molecule has 2 N–H and O–H groups in total. The largest absolute Gasteiger partial charge is 0.416 e. The Morgan fingerprint density at radius 2 is 2.25 bits per heavy atom. The Kier molecular flexibility index (Phi) is 4.86. The van der Waals surface area contributed by atoms with Crippen LogP contribution in [0.2, 0.25) is 0 Å². The number of halogens is 3. The quantitative estimate of drug-likeness (QED) is 0.887. The molecule has 1 saturated heterocycles. The van der Waals surface area contributed by atoms with Crippen LogP contribution in [0.15, 0.2) is 29.6 Å². The van der Waals surface area contributed by atoms with E-state index in [0.29, 0.717) is 16.3 Å². The van der Waals surface area contributed by atoms with E-state index in [1.165, 1.54) is 17.4 Å². The van der Waals surface area contributed by atoms with E-state index < -0.39 is 11.7 Å². The van der Waals surface area contributed by atoms with Crippen molar-refractivity contribution in [1.82, 2.24) is 15.6 Å². The van der Waals surface area contributed by atoms with Gasteiger partial charge < -0.3 is 10.6 Å². The van der Waals surface area contributed by atoms with Crippen molar-refractivity contribution in [1.29, 1.82) is 0 Å². The molecule has 1 unspecified atom stereocenters. The lowest BCUT2D eigenvalue weighted by atomic mass is 10.1. The van der Waals surface area contributed by atoms with E-state index in [1.807, 2.05) is 0 Å². The number of amides is 1. The van der Waals surface area contributed by atoms with Crippen LogP contribution in [0.25, 0.3) is 10.6 Å². The molecular formula is C16H16F3N3OS. The summed E-state index contributed by atoms with van der Waals surface area (Å²) in [6.45, 7) is 1.65. The number of nitrogens with one attached hydrogen (secondary N) is 2. The van der Waals surface area contributed by atoms with Crippen LogP contribution >= 0.6 is 11.3 Å². The van der Waals surface area contributed by atoms with Crippen LogP contribution in [0.5, 0.6) is 0 Å². The normalized spacial score (nSPS) is 17.9. The first-order valence-corrected chi connectivity index (χ1v) is 8.42. The first kappa shape index (κ1) is 16.9. The fraction of sp³-hybridized carbons (Fsp3) is 0.375. The number of thiazole rings is 1. The summed E-state index contributed by atoms with van der Waals surface area (Å²) in [6.07, 6.45) is -3.35. The third-order valence-electron chi connectivity index (χ3n) is 3.76. The molecular weight excluding hydrogens is 339 g/mol. The van der Waals surface area contributed by atoms with Gasteiger partial charge in [-0.2, -0.15) is 13.2 Å². The minimum absolute atomic E-state index is 0.121. The lowest BCUT2D eigenvalue weighted by molar-refractivity contribution is -0.137. The Bertz CT molecular complexity index is 723. The molecule has 128 valence electrons. The average molecular weight is 355 g/mol. The number of alkyl halides is 3. The van der Waals surface area contributed by atoms with E-state index in [0.717, 1.165) is 31.6 Å². The van der Waals surface area contributed by atoms with Crippen molar-refractivity contribution in [3.8, 4) is 10.6 Å². The maximum atomic E-state index is 12.8. The molecule has 0 radical (unpaired) electrons. The molecule has 2 aromatic rings. The molecule has 3 rings (SSSR count). The van der Waals surface area contributed by atoms with Crippen LogP contribution in [-0.4, -0.2) is 30.0 Å². The number of aromatic nitrogens is 1. The standard InChI is InChI=1S/C16H16F3N3OS/c17-16(18,19)11-3-1-2-10(6-11)15-22-13(9-24-15)7-14(23)21-12-4-5-20-8-12/h1-3,6,9,12,20H,4-5,7-8H2,(H,21,23). The molecule has 0 saturated carbocycles. The Morgan fingerprint density at radius 3 is 2.96 bits per heavy atom. The summed E-state index contributed by atoms with van der Waals surface area (Å²) < 4.78 is 38.3. The van der Waals surface area contributed by atoms with Crippen molar-refractivity contribution in [2.45, 2.75) is 25.1 Å². The van der Waals surface area contributed by atoms with E-state index in [9.17, 15) is 18.0 Å². The highest BCUT2D eigenvalue weighted by molar-refractivity contribution is 7.13. The number of benzene rings is 1. The minimum atomic E-state index is -4.38. The molecule has 1 aliphatic rings. The molecule has 2 heterocycles. The molecule has 8 heteroatoms. The molecule has 1 aromatic heterocycles. The summed E-state index contributed by atoms with van der Waals surface area (Å²) in [5.74, 6) is -0.121. The summed E-state index contributed by atoms with van der Waals surface area (Å²) in [5, 5.41) is 8.27. The molecule has 0 aliphatic carbocycles. The predicted octanol–water partition coefficient (Wildman–Crippen LogP) is 2.85. The van der Waals surface area contributed by atoms with Crippen molar-refractivity contribution < 1.29 is 18.0 Å². The third kappa shape index (κ3) is 4.12. The van der Waals surface area contributed by atoms with E-state index in [2.05, 4.69) is 15.6 Å². The Hall–Kier alpha value is -1.93. The monoisotopic (exact) mass is 355 g/mol. The van der Waals surface area contributed by atoms with Crippen molar-refractivity contribution in [2.75, 3.05) is 13.1 Å². The van der Waals surface area contributed by atoms with E-state index >= 15 is 0 Å². The Balaban J connectivity index is 1.68. The van der Waals surface area contributed by atoms with Gasteiger partial charge in [-0.3, -0.25) is 4.79 Å². The first-order chi connectivity index (χ1) is 11.4. The minimum Gasteiger partial charge on any atom is -0.352 e. The van der Waals surface area contributed by atoms with Gasteiger partial charge in [-0.1, -0.05) is 12.1 Å². The molecule has 1 atom stereocenters. The highest BCUT2D eigenvalue weighted by Crippen LogP contribution is 2.33. The van der Waals surface area contributed by atoms with E-state index in [4.69, 9.17) is 0 Å². The molecule has 1 aliphatic heterocycles. The van der Waals surface area contributed by atoms with Crippen molar-refractivity contribution in [2.24, 2.45) is 0 Å². The van der Waals surface area contributed by atoms with Crippen molar-refractivity contribution in [3.05, 3.63) is 40.9 Å². The third-order valence-corrected chi connectivity index (χ3v) is 4.70. The number of hydrogen-bond donors (Lipinski definition) is 2. The predicted molar refractivity (Wildman–Crippen MR) is 85.7 cm³/mol. The lowest BCUT2D eigenvalue weighted by Crippen LogP contribution is -2.37. The smallest absolute Gasteiger partial charge is 0.352 e. The highest BCUT2D eigenvalue weighted by Gasteiger charge is 2.30. The molecule has 1 aromatic carbocycles. The maximum Gasteiger partial charge on any atom is 0.416 e. The second-order valence-corrected chi connectivity index (χ2v) is 6.51. The van der Waals surface area contributed by atoms with Crippen LogP contribution in [0.3, 0.4) is 0 Å².